The van der Waals surface area contributed by atoms with Crippen LogP contribution in [-0.4, -0.2) is 65.2 Å². The van der Waals surface area contributed by atoms with Crippen molar-refractivity contribution in [3.8, 4) is 11.3 Å². The van der Waals surface area contributed by atoms with Crippen molar-refractivity contribution in [1.29, 1.82) is 0 Å². The average Bonchev–Trinajstić information content (AvgIpc) is 3.17. The van der Waals surface area contributed by atoms with E-state index in [-0.39, 0.29) is 17.6 Å². The van der Waals surface area contributed by atoms with E-state index in [9.17, 15) is 9.18 Å². The van der Waals surface area contributed by atoms with Crippen LogP contribution in [0.4, 0.5) is 4.39 Å². The van der Waals surface area contributed by atoms with E-state index >= 15 is 0 Å². The number of halogens is 1. The average molecular weight is 387 g/mol. The Bertz CT molecular complexity index is 809. The summed E-state index contributed by atoms with van der Waals surface area (Å²) >= 11 is 0. The summed E-state index contributed by atoms with van der Waals surface area (Å²) in [6, 6.07) is 6.64. The molecule has 7 nitrogen and oxygen atoms in total. The number of carbonyl (C=O) groups is 1. The van der Waals surface area contributed by atoms with Crippen LogP contribution < -0.4 is 5.32 Å². The van der Waals surface area contributed by atoms with Gasteiger partial charge >= 0.3 is 0 Å². The van der Waals surface area contributed by atoms with Gasteiger partial charge < -0.3 is 10.1 Å². The van der Waals surface area contributed by atoms with E-state index in [0.717, 1.165) is 43.7 Å². The lowest BCUT2D eigenvalue weighted by Gasteiger charge is -2.49. The molecular formula is C20H26FN5O2. The fraction of sp³-hybridized carbons (Fsp3) is 0.550. The second kappa shape index (κ2) is 8.36. The summed E-state index contributed by atoms with van der Waals surface area (Å²) in [5.74, 6) is 0.359. The van der Waals surface area contributed by atoms with Gasteiger partial charge in [0, 0.05) is 31.8 Å². The van der Waals surface area contributed by atoms with Crippen molar-refractivity contribution in [3.63, 3.8) is 0 Å². The highest BCUT2D eigenvalue weighted by Gasteiger charge is 2.43. The molecule has 8 heteroatoms. The zero-order valence-electron chi connectivity index (χ0n) is 16.1. The molecule has 1 aromatic carbocycles. The molecule has 28 heavy (non-hydrogen) atoms. The molecule has 3 fully saturated rings. The second-order valence-corrected chi connectivity index (χ2v) is 7.66. The first kappa shape index (κ1) is 19.0. The molecule has 4 heterocycles. The number of nitrogens with one attached hydrogen (secondary N) is 1. The van der Waals surface area contributed by atoms with Crippen LogP contribution in [0.1, 0.15) is 12.8 Å². The molecule has 0 saturated carbocycles. The number of methoxy groups -OCH3 is 1. The van der Waals surface area contributed by atoms with Crippen LogP contribution in [0.15, 0.2) is 30.5 Å². The summed E-state index contributed by atoms with van der Waals surface area (Å²) in [7, 11) is 1.64. The summed E-state index contributed by atoms with van der Waals surface area (Å²) in [5, 5.41) is 11.5. The standard InChI is InChI=1S/C20H26FN5O2/c1-28-9-7-22-20(27)18-12-25-8-6-15(18)10-17(25)11-26-13-19(23-24-26)14-2-4-16(21)5-3-14/h2-5,13,15,17-18H,6-12H2,1H3,(H,22,27). The Labute approximate surface area is 163 Å². The molecule has 0 aliphatic carbocycles. The topological polar surface area (TPSA) is 72.3 Å². The van der Waals surface area contributed by atoms with Gasteiger partial charge in [-0.15, -0.1) is 5.10 Å². The monoisotopic (exact) mass is 387 g/mol. The lowest BCUT2D eigenvalue weighted by Crippen LogP contribution is -2.58. The largest absolute Gasteiger partial charge is 0.383 e. The molecule has 0 radical (unpaired) electrons. The molecule has 3 aliphatic rings. The molecule has 1 amide bonds. The van der Waals surface area contributed by atoms with Gasteiger partial charge in [0.2, 0.25) is 5.91 Å². The number of hydrogen-bond acceptors (Lipinski definition) is 5. The van der Waals surface area contributed by atoms with Gasteiger partial charge in [-0.1, -0.05) is 5.21 Å². The maximum absolute atomic E-state index is 13.1. The number of ether oxygens (including phenoxy) is 1. The van der Waals surface area contributed by atoms with Crippen LogP contribution in [-0.2, 0) is 16.1 Å². The molecule has 3 saturated heterocycles. The van der Waals surface area contributed by atoms with Gasteiger partial charge in [0.05, 0.1) is 25.3 Å². The number of fused-ring (bicyclic) bond motifs is 3. The minimum Gasteiger partial charge on any atom is -0.383 e. The fourth-order valence-corrected chi connectivity index (χ4v) is 4.39. The summed E-state index contributed by atoms with van der Waals surface area (Å²) < 4.78 is 20.0. The second-order valence-electron chi connectivity index (χ2n) is 7.66. The number of benzene rings is 1. The van der Waals surface area contributed by atoms with E-state index in [2.05, 4.69) is 20.5 Å². The Kier molecular flexibility index (Phi) is 5.68. The zero-order chi connectivity index (χ0) is 19.5. The van der Waals surface area contributed by atoms with E-state index in [0.29, 0.717) is 25.1 Å². The fourth-order valence-electron chi connectivity index (χ4n) is 4.39. The normalized spacial score (nSPS) is 26.4. The molecule has 3 aliphatic heterocycles. The minimum atomic E-state index is -0.261. The van der Waals surface area contributed by atoms with Gasteiger partial charge in [0.1, 0.15) is 11.5 Å². The van der Waals surface area contributed by atoms with Crippen LogP contribution in [0.5, 0.6) is 0 Å². The van der Waals surface area contributed by atoms with E-state index < -0.39 is 0 Å². The first-order chi connectivity index (χ1) is 13.6. The van der Waals surface area contributed by atoms with Crippen LogP contribution in [0.25, 0.3) is 11.3 Å². The summed E-state index contributed by atoms with van der Waals surface area (Å²) in [6.07, 6.45) is 3.97. The number of rotatable bonds is 7. The molecule has 2 aromatic rings. The first-order valence-corrected chi connectivity index (χ1v) is 9.81. The van der Waals surface area contributed by atoms with Gasteiger partial charge in [-0.25, -0.2) is 4.39 Å². The van der Waals surface area contributed by atoms with E-state index in [4.69, 9.17) is 4.74 Å². The Hall–Kier alpha value is -2.32. The smallest absolute Gasteiger partial charge is 0.224 e. The van der Waals surface area contributed by atoms with Crippen molar-refractivity contribution in [1.82, 2.24) is 25.2 Å². The van der Waals surface area contributed by atoms with Crippen LogP contribution in [0.2, 0.25) is 0 Å². The molecule has 5 rings (SSSR count). The Morgan fingerprint density at radius 2 is 2.18 bits per heavy atom. The molecule has 0 spiro atoms. The zero-order valence-corrected chi connectivity index (χ0v) is 16.1. The van der Waals surface area contributed by atoms with Crippen LogP contribution >= 0.6 is 0 Å². The van der Waals surface area contributed by atoms with Crippen molar-refractivity contribution >= 4 is 5.91 Å². The molecule has 150 valence electrons. The van der Waals surface area contributed by atoms with E-state index in [1.54, 1.807) is 19.2 Å². The maximum atomic E-state index is 13.1. The first-order valence-electron chi connectivity index (χ1n) is 9.81. The van der Waals surface area contributed by atoms with Gasteiger partial charge in [0.25, 0.3) is 0 Å². The Morgan fingerprint density at radius 3 is 2.89 bits per heavy atom. The number of amides is 1. The number of nitrogens with zero attached hydrogens (tertiary/aromatic N) is 4. The molecule has 2 bridgehead atoms. The van der Waals surface area contributed by atoms with Crippen molar-refractivity contribution in [3.05, 3.63) is 36.3 Å². The van der Waals surface area contributed by atoms with Crippen molar-refractivity contribution in [2.45, 2.75) is 25.4 Å². The van der Waals surface area contributed by atoms with E-state index in [1.807, 2.05) is 10.9 Å². The van der Waals surface area contributed by atoms with Gasteiger partial charge in [-0.3, -0.25) is 14.4 Å². The number of piperidine rings is 3. The quantitative estimate of drug-likeness (QED) is 0.730. The molecular weight excluding hydrogens is 361 g/mol. The van der Waals surface area contributed by atoms with Crippen molar-refractivity contribution < 1.29 is 13.9 Å². The number of carbonyl (C=O) groups excluding carboxylic acids is 1. The third-order valence-electron chi connectivity index (χ3n) is 5.90. The van der Waals surface area contributed by atoms with Crippen molar-refractivity contribution in [2.75, 3.05) is 33.4 Å². The summed E-state index contributed by atoms with van der Waals surface area (Å²) in [4.78, 5) is 14.9. The molecule has 1 aromatic heterocycles. The molecule has 4 atom stereocenters. The number of aromatic nitrogens is 3. The maximum Gasteiger partial charge on any atom is 0.224 e. The van der Waals surface area contributed by atoms with Gasteiger partial charge in [-0.05, 0) is 49.6 Å². The highest BCUT2D eigenvalue weighted by atomic mass is 19.1. The number of hydrogen-bond donors (Lipinski definition) is 1. The van der Waals surface area contributed by atoms with Crippen LogP contribution in [0, 0.1) is 17.7 Å². The lowest BCUT2D eigenvalue weighted by atomic mass is 9.75. The highest BCUT2D eigenvalue weighted by Crippen LogP contribution is 2.37. The van der Waals surface area contributed by atoms with E-state index in [1.165, 1.54) is 12.1 Å². The lowest BCUT2D eigenvalue weighted by molar-refractivity contribution is -0.133. The van der Waals surface area contributed by atoms with Gasteiger partial charge in [-0.2, -0.15) is 0 Å². The van der Waals surface area contributed by atoms with Crippen LogP contribution in [0.3, 0.4) is 0 Å². The Morgan fingerprint density at radius 1 is 1.36 bits per heavy atom. The third kappa shape index (κ3) is 4.07. The van der Waals surface area contributed by atoms with Gasteiger partial charge in [0.15, 0.2) is 0 Å². The predicted octanol–water partition coefficient (Wildman–Crippen LogP) is 1.56. The highest BCUT2D eigenvalue weighted by molar-refractivity contribution is 5.79. The summed E-state index contributed by atoms with van der Waals surface area (Å²) in [6.45, 7) is 3.68. The SMILES string of the molecule is COCCNC(=O)C1CN2CCC1CC2Cn1cc(-c2ccc(F)cc2)nn1. The van der Waals surface area contributed by atoms with Crippen molar-refractivity contribution in [2.24, 2.45) is 11.8 Å². The third-order valence-corrected chi connectivity index (χ3v) is 5.90. The predicted molar refractivity (Wildman–Crippen MR) is 102 cm³/mol. The Balaban J connectivity index is 1.36. The molecule has 4 unspecified atom stereocenters. The molecule has 1 N–H and O–H groups in total. The summed E-state index contributed by atoms with van der Waals surface area (Å²) in [5.41, 5.74) is 1.59. The minimum absolute atomic E-state index is 0.0624.